The van der Waals surface area contributed by atoms with Gasteiger partial charge in [-0.1, -0.05) is 10.1 Å². The first kappa shape index (κ1) is 15.1. The molecule has 1 rings (SSSR count). The van der Waals surface area contributed by atoms with Gasteiger partial charge in [-0.05, 0) is 0 Å². The van der Waals surface area contributed by atoms with Crippen LogP contribution in [0.2, 0.25) is 0 Å². The number of nitrogens with zero attached hydrogens (tertiary/aromatic N) is 2. The molecule has 44 valence electrons. The second-order valence-electron chi connectivity index (χ2n) is 0.982. The molecule has 1 aliphatic rings. The molecule has 1 aliphatic heterocycles. The van der Waals surface area contributed by atoms with Crippen molar-refractivity contribution in [3.8, 4) is 0 Å². The summed E-state index contributed by atoms with van der Waals surface area (Å²) in [6.07, 6.45) is 1.61. The van der Waals surface area contributed by atoms with Crippen LogP contribution in [-0.4, -0.2) is 103 Å². The van der Waals surface area contributed by atoms with Crippen LogP contribution < -0.4 is 0 Å². The standard InChI is InChI=1S/C2H4N2S3.2K.2H/c5-2-1-3-4-7(2)6;;;;/h1,5-7H;;;;. The minimum atomic E-state index is -0.648. The summed E-state index contributed by atoms with van der Waals surface area (Å²) < 4.78 is 4.58. The molecule has 0 aliphatic carbocycles. The van der Waals surface area contributed by atoms with Gasteiger partial charge in [0.15, 0.2) is 0 Å². The summed E-state index contributed by atoms with van der Waals surface area (Å²) in [5, 5.41) is 3.58. The van der Waals surface area contributed by atoms with E-state index in [1.54, 1.807) is 6.20 Å². The molecule has 1 heterocycles. The normalized spacial score (nSPS) is 26.0. The molecule has 0 saturated heterocycles. The van der Waals surface area contributed by atoms with Crippen LogP contribution >= 0.6 is 34.4 Å². The fourth-order valence-electron chi connectivity index (χ4n) is 0.224. The van der Waals surface area contributed by atoms with Crippen molar-refractivity contribution in [3.63, 3.8) is 0 Å². The van der Waals surface area contributed by atoms with Crippen molar-refractivity contribution in [2.45, 2.75) is 0 Å². The first-order valence-corrected chi connectivity index (χ1v) is 4.49. The molecule has 0 fully saturated rings. The second kappa shape index (κ2) is 8.27. The van der Waals surface area contributed by atoms with Crippen LogP contribution in [0.4, 0.5) is 0 Å². The molecule has 0 aromatic rings. The summed E-state index contributed by atoms with van der Waals surface area (Å²) in [5.74, 6) is 0. The Bertz CT molecular complexity index is 136. The molecule has 0 radical (unpaired) electrons. The second-order valence-corrected chi connectivity index (χ2v) is 4.19. The van der Waals surface area contributed by atoms with Gasteiger partial charge in [0.05, 0.1) is 10.4 Å². The fraction of sp³-hybridized carbons (Fsp3) is 0. The molecular formula is C2H6K2N2S3. The Morgan fingerprint density at radius 1 is 1.44 bits per heavy atom. The number of hydrogen-bond acceptors (Lipinski definition) is 4. The number of rotatable bonds is 0. The van der Waals surface area contributed by atoms with E-state index in [1.807, 2.05) is 0 Å². The van der Waals surface area contributed by atoms with E-state index in [1.165, 1.54) is 0 Å². The first-order valence-electron chi connectivity index (χ1n) is 1.59. The molecule has 2 nitrogen and oxygen atoms in total. The molecule has 0 saturated carbocycles. The summed E-state index contributed by atoms with van der Waals surface area (Å²) in [5.41, 5.74) is 0. The Labute approximate surface area is 153 Å². The van der Waals surface area contributed by atoms with Gasteiger partial charge in [-0.15, -0.1) is 28.8 Å². The average Bonchev–Trinajstić information content (AvgIpc) is 1.91. The number of hydrogen-bond donors (Lipinski definition) is 3. The van der Waals surface area contributed by atoms with Crippen molar-refractivity contribution in [1.29, 1.82) is 0 Å². The minimum absolute atomic E-state index is 0. The average molecular weight is 232 g/mol. The van der Waals surface area contributed by atoms with Gasteiger partial charge in [-0.3, -0.25) is 0 Å². The van der Waals surface area contributed by atoms with Crippen molar-refractivity contribution in [2.24, 2.45) is 9.63 Å². The van der Waals surface area contributed by atoms with Crippen LogP contribution in [0.5, 0.6) is 0 Å². The Balaban J connectivity index is 0. The summed E-state index contributed by atoms with van der Waals surface area (Å²) in [6, 6.07) is 0. The van der Waals surface area contributed by atoms with Crippen LogP contribution in [0.15, 0.2) is 20.1 Å². The van der Waals surface area contributed by atoms with Crippen molar-refractivity contribution in [1.82, 2.24) is 0 Å². The van der Waals surface area contributed by atoms with E-state index in [4.69, 9.17) is 0 Å². The number of thiol groups is 3. The quantitative estimate of drug-likeness (QED) is 0.310. The van der Waals surface area contributed by atoms with E-state index < -0.39 is 10.1 Å². The first-order chi connectivity index (χ1) is 3.30. The summed E-state index contributed by atoms with van der Waals surface area (Å²) in [6.45, 7) is 0. The summed E-state index contributed by atoms with van der Waals surface area (Å²) in [7, 11) is -0.648. The van der Waals surface area contributed by atoms with Gasteiger partial charge in [-0.2, -0.15) is 5.11 Å². The third-order valence-electron chi connectivity index (χ3n) is 0.514. The van der Waals surface area contributed by atoms with Crippen LogP contribution in [0.1, 0.15) is 0 Å². The molecule has 1 unspecified atom stereocenters. The van der Waals surface area contributed by atoms with Crippen molar-refractivity contribution >= 4 is 137 Å². The predicted molar refractivity (Wildman–Crippen MR) is 54.2 cm³/mol. The molecule has 0 amide bonds. The van der Waals surface area contributed by atoms with Crippen molar-refractivity contribution in [2.75, 3.05) is 0 Å². The Morgan fingerprint density at radius 3 is 2.11 bits per heavy atom. The molecule has 0 aromatic heterocycles. The van der Waals surface area contributed by atoms with E-state index in [-0.39, 0.29) is 103 Å². The van der Waals surface area contributed by atoms with E-state index in [0.717, 1.165) is 4.24 Å². The van der Waals surface area contributed by atoms with Gasteiger partial charge in [0.25, 0.3) is 0 Å². The molecule has 1 atom stereocenters. The van der Waals surface area contributed by atoms with E-state index >= 15 is 0 Å². The molecular weight excluding hydrogens is 226 g/mol. The van der Waals surface area contributed by atoms with Crippen LogP contribution in [-0.2, 0) is 0 Å². The molecule has 0 bridgehead atoms. The molecule has 0 aromatic carbocycles. The predicted octanol–water partition coefficient (Wildman–Crippen LogP) is 0.645. The topological polar surface area (TPSA) is 24.7 Å². The molecule has 0 spiro atoms. The van der Waals surface area contributed by atoms with Gasteiger partial charge in [-0.25, -0.2) is 0 Å². The zero-order chi connectivity index (χ0) is 5.28. The van der Waals surface area contributed by atoms with Crippen LogP contribution in [0.3, 0.4) is 0 Å². The Morgan fingerprint density at radius 2 is 2.00 bits per heavy atom. The van der Waals surface area contributed by atoms with Crippen molar-refractivity contribution in [3.05, 3.63) is 10.4 Å². The van der Waals surface area contributed by atoms with Gasteiger partial charge in [0, 0.05) is 0 Å². The van der Waals surface area contributed by atoms with E-state index in [2.05, 4.69) is 33.9 Å². The van der Waals surface area contributed by atoms with Crippen molar-refractivity contribution < 1.29 is 0 Å². The maximum absolute atomic E-state index is 4.05. The third kappa shape index (κ3) is 5.83. The zero-order valence-electron chi connectivity index (χ0n) is 3.31. The van der Waals surface area contributed by atoms with E-state index in [0.29, 0.717) is 0 Å². The van der Waals surface area contributed by atoms with E-state index in [9.17, 15) is 0 Å². The SMILES string of the molecule is SC1=CN=N[SH]1S.[KH].[KH]. The molecule has 0 N–H and O–H groups in total. The monoisotopic (exact) mass is 232 g/mol. The molecule has 7 heteroatoms. The van der Waals surface area contributed by atoms with Gasteiger partial charge in [0.1, 0.15) is 0 Å². The summed E-state index contributed by atoms with van der Waals surface area (Å²) in [4.78, 5) is 0. The van der Waals surface area contributed by atoms with Gasteiger partial charge >= 0.3 is 103 Å². The Kier molecular flexibility index (Phi) is 13.9. The van der Waals surface area contributed by atoms with Crippen LogP contribution in [0, 0.1) is 0 Å². The van der Waals surface area contributed by atoms with Gasteiger partial charge in [0.2, 0.25) is 0 Å². The zero-order valence-corrected chi connectivity index (χ0v) is 6.00. The van der Waals surface area contributed by atoms with Crippen LogP contribution in [0.25, 0.3) is 0 Å². The molecule has 9 heavy (non-hydrogen) atoms. The fourth-order valence-corrected chi connectivity index (χ4v) is 1.08. The Hall–Kier alpha value is 3.66. The maximum atomic E-state index is 4.05. The van der Waals surface area contributed by atoms with Gasteiger partial charge < -0.3 is 0 Å². The summed E-state index contributed by atoms with van der Waals surface area (Å²) >= 11 is 8.06. The third-order valence-corrected chi connectivity index (χ3v) is 3.36.